The predicted molar refractivity (Wildman–Crippen MR) is 76.5 cm³/mol. The van der Waals surface area contributed by atoms with Crippen molar-refractivity contribution < 1.29 is 23.9 Å². The first-order valence-electron chi connectivity index (χ1n) is 6.51. The Labute approximate surface area is 126 Å². The maximum Gasteiger partial charge on any atom is 0.273 e. The molecule has 1 heterocycles. The minimum atomic E-state index is -0.479. The van der Waals surface area contributed by atoms with Crippen molar-refractivity contribution in [2.75, 3.05) is 13.9 Å². The summed E-state index contributed by atoms with van der Waals surface area (Å²) in [6.45, 7) is 0.437. The molecule has 0 bridgehead atoms. The van der Waals surface area contributed by atoms with Gasteiger partial charge in [0.2, 0.25) is 6.79 Å². The van der Waals surface area contributed by atoms with Crippen LogP contribution in [0, 0.1) is 10.1 Å². The largest absolute Gasteiger partial charge is 0.493 e. The molecule has 0 amide bonds. The van der Waals surface area contributed by atoms with Crippen LogP contribution in [-0.4, -0.2) is 18.8 Å². The van der Waals surface area contributed by atoms with E-state index in [-0.39, 0.29) is 19.1 Å². The summed E-state index contributed by atoms with van der Waals surface area (Å²) in [5.41, 5.74) is 0.805. The van der Waals surface area contributed by atoms with Gasteiger partial charge in [0, 0.05) is 6.07 Å². The third kappa shape index (κ3) is 2.73. The highest BCUT2D eigenvalue weighted by molar-refractivity contribution is 5.49. The first kappa shape index (κ1) is 14.0. The lowest BCUT2D eigenvalue weighted by Crippen LogP contribution is -1.99. The molecule has 0 aliphatic carbocycles. The first-order valence-corrected chi connectivity index (χ1v) is 6.51. The molecular weight excluding hydrogens is 290 g/mol. The van der Waals surface area contributed by atoms with Gasteiger partial charge in [-0.15, -0.1) is 0 Å². The number of fused-ring (bicyclic) bond motifs is 1. The summed E-state index contributed by atoms with van der Waals surface area (Å²) in [6, 6.07) is 9.67. The number of nitro benzene ring substituents is 1. The van der Waals surface area contributed by atoms with Crippen molar-refractivity contribution in [1.29, 1.82) is 0 Å². The first-order chi connectivity index (χ1) is 10.7. The van der Waals surface area contributed by atoms with E-state index >= 15 is 0 Å². The van der Waals surface area contributed by atoms with E-state index < -0.39 is 4.92 Å². The van der Waals surface area contributed by atoms with Crippen molar-refractivity contribution in [3.63, 3.8) is 0 Å². The molecule has 1 aliphatic heterocycles. The molecule has 2 aromatic rings. The van der Waals surface area contributed by atoms with Crippen LogP contribution < -0.4 is 18.9 Å². The third-order valence-corrected chi connectivity index (χ3v) is 3.19. The zero-order chi connectivity index (χ0) is 15.5. The topological polar surface area (TPSA) is 80.1 Å². The number of hydrogen-bond donors (Lipinski definition) is 0. The summed E-state index contributed by atoms with van der Waals surface area (Å²) in [5, 5.41) is 10.8. The lowest BCUT2D eigenvalue weighted by molar-refractivity contribution is -0.385. The maximum atomic E-state index is 10.8. The molecule has 7 nitrogen and oxygen atoms in total. The fraction of sp³-hybridized carbons (Fsp3) is 0.200. The molecule has 0 saturated heterocycles. The molecular formula is C15H13NO6. The number of nitro groups is 1. The van der Waals surface area contributed by atoms with Crippen LogP contribution in [0.3, 0.4) is 0 Å². The summed E-state index contributed by atoms with van der Waals surface area (Å²) in [4.78, 5) is 10.4. The van der Waals surface area contributed by atoms with E-state index in [1.165, 1.54) is 25.3 Å². The van der Waals surface area contributed by atoms with Gasteiger partial charge in [0.1, 0.15) is 6.61 Å². The van der Waals surface area contributed by atoms with Gasteiger partial charge in [0.15, 0.2) is 23.0 Å². The molecule has 0 saturated carbocycles. The summed E-state index contributed by atoms with van der Waals surface area (Å²) in [5.74, 6) is 2.10. The monoisotopic (exact) mass is 303 g/mol. The molecule has 0 radical (unpaired) electrons. The lowest BCUT2D eigenvalue weighted by atomic mass is 10.2. The second kappa shape index (κ2) is 5.80. The van der Waals surface area contributed by atoms with E-state index in [2.05, 4.69) is 0 Å². The summed E-state index contributed by atoms with van der Waals surface area (Å²) in [6.07, 6.45) is 0. The summed E-state index contributed by atoms with van der Waals surface area (Å²) >= 11 is 0. The number of methoxy groups -OCH3 is 1. The van der Waals surface area contributed by atoms with Gasteiger partial charge in [0.05, 0.1) is 18.1 Å². The van der Waals surface area contributed by atoms with Crippen molar-refractivity contribution in [1.82, 2.24) is 0 Å². The Kier molecular flexibility index (Phi) is 3.69. The average Bonchev–Trinajstić information content (AvgIpc) is 3.00. The predicted octanol–water partition coefficient (Wildman–Crippen LogP) is 2.91. The van der Waals surface area contributed by atoms with Crippen molar-refractivity contribution in [2.45, 2.75) is 6.61 Å². The Morgan fingerprint density at radius 1 is 1.14 bits per heavy atom. The number of non-ortho nitro benzene ring substituents is 1. The number of hydrogen-bond acceptors (Lipinski definition) is 6. The third-order valence-electron chi connectivity index (χ3n) is 3.19. The van der Waals surface area contributed by atoms with Crippen LogP contribution in [0.1, 0.15) is 5.56 Å². The molecule has 114 valence electrons. The highest BCUT2D eigenvalue weighted by atomic mass is 16.7. The minimum absolute atomic E-state index is 0.0542. The Balaban J connectivity index is 1.78. The Hall–Kier alpha value is -2.96. The van der Waals surface area contributed by atoms with E-state index in [0.717, 1.165) is 5.56 Å². The van der Waals surface area contributed by atoms with Gasteiger partial charge in [-0.1, -0.05) is 6.07 Å². The summed E-state index contributed by atoms with van der Waals surface area (Å²) in [7, 11) is 1.48. The standard InChI is InChI=1S/C15H13NO6/c1-19-12-5-3-11(16(17)18)7-15(12)20-8-10-2-4-13-14(6-10)22-9-21-13/h2-7H,8-9H2,1H3. The lowest BCUT2D eigenvalue weighted by Gasteiger charge is -2.10. The Morgan fingerprint density at radius 2 is 1.95 bits per heavy atom. The maximum absolute atomic E-state index is 10.8. The van der Waals surface area contributed by atoms with Gasteiger partial charge in [-0.3, -0.25) is 10.1 Å². The van der Waals surface area contributed by atoms with E-state index in [1.807, 2.05) is 12.1 Å². The molecule has 3 rings (SSSR count). The fourth-order valence-electron chi connectivity index (χ4n) is 2.08. The quantitative estimate of drug-likeness (QED) is 0.624. The van der Waals surface area contributed by atoms with E-state index in [0.29, 0.717) is 23.0 Å². The molecule has 0 fully saturated rings. The molecule has 0 N–H and O–H groups in total. The van der Waals surface area contributed by atoms with Gasteiger partial charge in [-0.2, -0.15) is 0 Å². The van der Waals surface area contributed by atoms with Gasteiger partial charge < -0.3 is 18.9 Å². The van der Waals surface area contributed by atoms with Crippen molar-refractivity contribution in [2.24, 2.45) is 0 Å². The smallest absolute Gasteiger partial charge is 0.273 e. The van der Waals surface area contributed by atoms with Crippen molar-refractivity contribution in [3.05, 3.63) is 52.1 Å². The Morgan fingerprint density at radius 3 is 2.73 bits per heavy atom. The van der Waals surface area contributed by atoms with Gasteiger partial charge in [-0.25, -0.2) is 0 Å². The van der Waals surface area contributed by atoms with Crippen LogP contribution in [0.5, 0.6) is 23.0 Å². The highest BCUT2D eigenvalue weighted by Crippen LogP contribution is 2.34. The zero-order valence-corrected chi connectivity index (χ0v) is 11.8. The van der Waals surface area contributed by atoms with Crippen LogP contribution in [0.15, 0.2) is 36.4 Å². The number of nitrogens with zero attached hydrogens (tertiary/aromatic N) is 1. The molecule has 1 aliphatic rings. The van der Waals surface area contributed by atoms with Crippen LogP contribution in [0.25, 0.3) is 0 Å². The van der Waals surface area contributed by atoms with E-state index in [4.69, 9.17) is 18.9 Å². The van der Waals surface area contributed by atoms with Crippen LogP contribution >= 0.6 is 0 Å². The molecule has 0 aromatic heterocycles. The van der Waals surface area contributed by atoms with Crippen LogP contribution in [0.4, 0.5) is 5.69 Å². The second-order valence-electron chi connectivity index (χ2n) is 4.57. The molecule has 0 unspecified atom stereocenters. The fourth-order valence-corrected chi connectivity index (χ4v) is 2.08. The molecule has 7 heteroatoms. The normalized spacial score (nSPS) is 12.0. The van der Waals surface area contributed by atoms with Gasteiger partial charge >= 0.3 is 0 Å². The minimum Gasteiger partial charge on any atom is -0.493 e. The summed E-state index contributed by atoms with van der Waals surface area (Å²) < 4.78 is 21.3. The molecule has 0 atom stereocenters. The number of ether oxygens (including phenoxy) is 4. The Bertz CT molecular complexity index is 715. The zero-order valence-electron chi connectivity index (χ0n) is 11.8. The van der Waals surface area contributed by atoms with Crippen LogP contribution in [-0.2, 0) is 6.61 Å². The van der Waals surface area contributed by atoms with Crippen molar-refractivity contribution >= 4 is 5.69 Å². The van der Waals surface area contributed by atoms with E-state index in [1.54, 1.807) is 6.07 Å². The molecule has 22 heavy (non-hydrogen) atoms. The second-order valence-corrected chi connectivity index (χ2v) is 4.57. The highest BCUT2D eigenvalue weighted by Gasteiger charge is 2.15. The molecule has 0 spiro atoms. The SMILES string of the molecule is COc1ccc([N+](=O)[O-])cc1OCc1ccc2c(c1)OCO2. The molecule has 2 aromatic carbocycles. The number of rotatable bonds is 5. The average molecular weight is 303 g/mol. The number of benzene rings is 2. The van der Waals surface area contributed by atoms with Gasteiger partial charge in [0.25, 0.3) is 5.69 Å². The van der Waals surface area contributed by atoms with Crippen LogP contribution in [0.2, 0.25) is 0 Å². The van der Waals surface area contributed by atoms with Gasteiger partial charge in [-0.05, 0) is 23.8 Å². The van der Waals surface area contributed by atoms with Crippen molar-refractivity contribution in [3.8, 4) is 23.0 Å². The van der Waals surface area contributed by atoms with E-state index in [9.17, 15) is 10.1 Å².